The maximum atomic E-state index is 5.77. The van der Waals surface area contributed by atoms with Crippen molar-refractivity contribution >= 4 is 38.5 Å². The van der Waals surface area contributed by atoms with Crippen LogP contribution >= 0.6 is 38.5 Å². The van der Waals surface area contributed by atoms with E-state index in [1.807, 2.05) is 6.07 Å². The van der Waals surface area contributed by atoms with Crippen molar-refractivity contribution in [1.82, 2.24) is 9.55 Å². The first-order valence-corrected chi connectivity index (χ1v) is 7.18. The molecule has 17 heavy (non-hydrogen) atoms. The van der Waals surface area contributed by atoms with Crippen LogP contribution < -0.4 is 4.74 Å². The lowest BCUT2D eigenvalue weighted by Gasteiger charge is -2.08. The number of hydrogen-bond donors (Lipinski definition) is 0. The molecule has 0 spiro atoms. The molecule has 0 N–H and O–H groups in total. The summed E-state index contributed by atoms with van der Waals surface area (Å²) in [6.07, 6.45) is 2.06. The highest BCUT2D eigenvalue weighted by molar-refractivity contribution is 14.1. The van der Waals surface area contributed by atoms with Crippen LogP contribution in [0.25, 0.3) is 11.4 Å². The van der Waals surface area contributed by atoms with Crippen molar-refractivity contribution in [1.29, 1.82) is 0 Å². The van der Waals surface area contributed by atoms with Crippen LogP contribution in [0.5, 0.6) is 5.75 Å². The standard InChI is InChI=1S/C12H10BrIN2O/c1-7-4-8-10(5-9(7)13)17-3-2-16-6-11(14)15-12(8)16/h4-6H,2-3H2,1H3. The van der Waals surface area contributed by atoms with Gasteiger partial charge in [0.2, 0.25) is 0 Å². The molecule has 0 fully saturated rings. The Bertz CT molecular complexity index is 594. The van der Waals surface area contributed by atoms with Gasteiger partial charge in [0.05, 0.1) is 12.1 Å². The molecule has 0 saturated carbocycles. The van der Waals surface area contributed by atoms with Gasteiger partial charge in [0.15, 0.2) is 0 Å². The monoisotopic (exact) mass is 404 g/mol. The molecule has 0 unspecified atom stereocenters. The summed E-state index contributed by atoms with van der Waals surface area (Å²) in [4.78, 5) is 4.58. The molecular weight excluding hydrogens is 395 g/mol. The third-order valence-electron chi connectivity index (χ3n) is 2.84. The van der Waals surface area contributed by atoms with E-state index in [0.717, 1.165) is 31.9 Å². The van der Waals surface area contributed by atoms with E-state index in [1.165, 1.54) is 5.56 Å². The molecule has 0 atom stereocenters. The van der Waals surface area contributed by atoms with Gasteiger partial charge in [-0.3, -0.25) is 0 Å². The molecule has 0 aliphatic carbocycles. The van der Waals surface area contributed by atoms with E-state index in [-0.39, 0.29) is 0 Å². The second-order valence-corrected chi connectivity index (χ2v) is 5.99. The molecule has 1 aliphatic rings. The van der Waals surface area contributed by atoms with Crippen LogP contribution in [0.4, 0.5) is 0 Å². The summed E-state index contributed by atoms with van der Waals surface area (Å²) in [6.45, 7) is 3.60. The topological polar surface area (TPSA) is 27.1 Å². The van der Waals surface area contributed by atoms with E-state index in [9.17, 15) is 0 Å². The van der Waals surface area contributed by atoms with Crippen molar-refractivity contribution in [2.75, 3.05) is 6.61 Å². The fourth-order valence-electron chi connectivity index (χ4n) is 1.98. The zero-order valence-electron chi connectivity index (χ0n) is 9.20. The van der Waals surface area contributed by atoms with Crippen LogP contribution in [0.2, 0.25) is 0 Å². The maximum Gasteiger partial charge on any atom is 0.145 e. The van der Waals surface area contributed by atoms with Gasteiger partial charge >= 0.3 is 0 Å². The van der Waals surface area contributed by atoms with Gasteiger partial charge in [-0.05, 0) is 47.2 Å². The fraction of sp³-hybridized carbons (Fsp3) is 0.250. The largest absolute Gasteiger partial charge is 0.491 e. The van der Waals surface area contributed by atoms with Crippen molar-refractivity contribution in [3.63, 3.8) is 0 Å². The van der Waals surface area contributed by atoms with Crippen molar-refractivity contribution in [2.45, 2.75) is 13.5 Å². The zero-order chi connectivity index (χ0) is 12.0. The summed E-state index contributed by atoms with van der Waals surface area (Å²) in [5, 5.41) is 0. The number of hydrogen-bond acceptors (Lipinski definition) is 2. The summed E-state index contributed by atoms with van der Waals surface area (Å²) >= 11 is 5.78. The molecular formula is C12H10BrIN2O. The van der Waals surface area contributed by atoms with Crippen LogP contribution in [0.1, 0.15) is 5.56 Å². The highest BCUT2D eigenvalue weighted by atomic mass is 127. The second-order valence-electron chi connectivity index (χ2n) is 4.03. The van der Waals surface area contributed by atoms with Crippen LogP contribution in [-0.2, 0) is 6.54 Å². The zero-order valence-corrected chi connectivity index (χ0v) is 12.9. The van der Waals surface area contributed by atoms with E-state index < -0.39 is 0 Å². The first kappa shape index (κ1) is 11.5. The number of fused-ring (bicyclic) bond motifs is 3. The van der Waals surface area contributed by atoms with E-state index in [2.05, 4.69) is 67.3 Å². The van der Waals surface area contributed by atoms with Gasteiger partial charge in [0.1, 0.15) is 21.9 Å². The molecule has 1 aromatic carbocycles. The molecule has 0 saturated heterocycles. The summed E-state index contributed by atoms with van der Waals surface area (Å²) in [5.41, 5.74) is 2.27. The van der Waals surface area contributed by atoms with Crippen LogP contribution in [0.15, 0.2) is 22.8 Å². The fourth-order valence-corrected chi connectivity index (χ4v) is 2.87. The Hall–Kier alpha value is -0.560. The number of ether oxygens (including phenoxy) is 1. The number of rotatable bonds is 0. The van der Waals surface area contributed by atoms with Gasteiger partial charge in [-0.1, -0.05) is 15.9 Å². The summed E-state index contributed by atoms with van der Waals surface area (Å²) < 4.78 is 10.0. The van der Waals surface area contributed by atoms with Gasteiger partial charge in [0, 0.05) is 10.7 Å². The number of nitrogens with zero attached hydrogens (tertiary/aromatic N) is 2. The predicted molar refractivity (Wildman–Crippen MR) is 78.3 cm³/mol. The third kappa shape index (κ3) is 1.99. The quantitative estimate of drug-likeness (QED) is 0.627. The molecule has 1 aliphatic heterocycles. The molecule has 3 rings (SSSR count). The minimum absolute atomic E-state index is 0.682. The van der Waals surface area contributed by atoms with Gasteiger partial charge in [-0.15, -0.1) is 0 Å². The number of aryl methyl sites for hydroxylation is 1. The van der Waals surface area contributed by atoms with Crippen LogP contribution in [0.3, 0.4) is 0 Å². The average molecular weight is 405 g/mol. The van der Waals surface area contributed by atoms with Crippen LogP contribution in [-0.4, -0.2) is 16.2 Å². The molecule has 3 nitrogen and oxygen atoms in total. The molecule has 0 bridgehead atoms. The Labute approximate surface area is 121 Å². The van der Waals surface area contributed by atoms with Crippen molar-refractivity contribution in [3.8, 4) is 17.1 Å². The Morgan fingerprint density at radius 2 is 2.29 bits per heavy atom. The van der Waals surface area contributed by atoms with Crippen molar-refractivity contribution in [3.05, 3.63) is 32.1 Å². The average Bonchev–Trinajstić information content (AvgIpc) is 2.57. The predicted octanol–water partition coefficient (Wildman–Crippen LogP) is 3.62. The highest BCUT2D eigenvalue weighted by Crippen LogP contribution is 2.36. The maximum absolute atomic E-state index is 5.77. The SMILES string of the molecule is Cc1cc2c(cc1Br)OCCn1cc(I)nc1-2. The van der Waals surface area contributed by atoms with E-state index in [0.29, 0.717) is 6.61 Å². The molecule has 0 radical (unpaired) electrons. The lowest BCUT2D eigenvalue weighted by Crippen LogP contribution is -2.04. The second kappa shape index (κ2) is 4.28. The Kier molecular flexibility index (Phi) is 2.90. The first-order valence-electron chi connectivity index (χ1n) is 5.31. The number of halogens is 2. The number of aromatic nitrogens is 2. The molecule has 1 aromatic heterocycles. The Morgan fingerprint density at radius 1 is 1.47 bits per heavy atom. The summed E-state index contributed by atoms with van der Waals surface area (Å²) in [6, 6.07) is 4.15. The lowest BCUT2D eigenvalue weighted by molar-refractivity contribution is 0.306. The normalized spacial score (nSPS) is 13.6. The van der Waals surface area contributed by atoms with E-state index in [1.54, 1.807) is 0 Å². The van der Waals surface area contributed by atoms with Gasteiger partial charge in [-0.2, -0.15) is 0 Å². The minimum Gasteiger partial charge on any atom is -0.491 e. The number of imidazole rings is 1. The molecule has 0 amide bonds. The molecule has 5 heteroatoms. The van der Waals surface area contributed by atoms with Crippen molar-refractivity contribution < 1.29 is 4.74 Å². The molecule has 2 aromatic rings. The van der Waals surface area contributed by atoms with Gasteiger partial charge in [-0.25, -0.2) is 4.98 Å². The van der Waals surface area contributed by atoms with Crippen molar-refractivity contribution in [2.24, 2.45) is 0 Å². The smallest absolute Gasteiger partial charge is 0.145 e. The van der Waals surface area contributed by atoms with Gasteiger partial charge in [0.25, 0.3) is 0 Å². The first-order chi connectivity index (χ1) is 8.15. The van der Waals surface area contributed by atoms with E-state index in [4.69, 9.17) is 4.74 Å². The minimum atomic E-state index is 0.682. The molecule has 2 heterocycles. The lowest BCUT2D eigenvalue weighted by atomic mass is 10.1. The summed E-state index contributed by atoms with van der Waals surface area (Å²) in [5.74, 6) is 1.90. The number of benzene rings is 1. The van der Waals surface area contributed by atoms with E-state index >= 15 is 0 Å². The molecule has 88 valence electrons. The van der Waals surface area contributed by atoms with Crippen LogP contribution in [0, 0.1) is 10.6 Å². The Balaban J connectivity index is 2.27. The highest BCUT2D eigenvalue weighted by Gasteiger charge is 2.18. The summed E-state index contributed by atoms with van der Waals surface area (Å²) in [7, 11) is 0. The Morgan fingerprint density at radius 3 is 3.12 bits per heavy atom. The van der Waals surface area contributed by atoms with Gasteiger partial charge < -0.3 is 9.30 Å². The third-order valence-corrected chi connectivity index (χ3v) is 4.21.